The Morgan fingerprint density at radius 3 is 2.46 bits per heavy atom. The SMILES string of the molecule is COc1cc(C)c(CN(C)C(=O)CCSc2ccccc2Br)cc1OC. The van der Waals surface area contributed by atoms with E-state index in [-0.39, 0.29) is 5.91 Å². The van der Waals surface area contributed by atoms with E-state index in [1.165, 1.54) is 0 Å². The molecule has 0 bridgehead atoms. The molecular weight excluding hydrogens is 414 g/mol. The van der Waals surface area contributed by atoms with Gasteiger partial charge in [0.15, 0.2) is 11.5 Å². The van der Waals surface area contributed by atoms with Gasteiger partial charge in [-0.1, -0.05) is 12.1 Å². The highest BCUT2D eigenvalue weighted by atomic mass is 79.9. The number of hydrogen-bond acceptors (Lipinski definition) is 4. The minimum atomic E-state index is 0.124. The summed E-state index contributed by atoms with van der Waals surface area (Å²) in [7, 11) is 5.07. The Bertz CT molecular complexity index is 767. The van der Waals surface area contributed by atoms with Gasteiger partial charge in [0, 0.05) is 35.1 Å². The van der Waals surface area contributed by atoms with Gasteiger partial charge in [0.2, 0.25) is 5.91 Å². The molecule has 0 aromatic heterocycles. The van der Waals surface area contributed by atoms with Crippen LogP contribution in [0.4, 0.5) is 0 Å². The number of thioether (sulfide) groups is 1. The first-order valence-electron chi connectivity index (χ1n) is 8.29. The van der Waals surface area contributed by atoms with Gasteiger partial charge >= 0.3 is 0 Å². The van der Waals surface area contributed by atoms with Crippen molar-refractivity contribution in [3.63, 3.8) is 0 Å². The molecule has 2 aromatic rings. The predicted octanol–water partition coefficient (Wildman–Crippen LogP) is 4.92. The molecule has 0 saturated carbocycles. The maximum Gasteiger partial charge on any atom is 0.223 e. The third kappa shape index (κ3) is 5.42. The molecule has 4 nitrogen and oxygen atoms in total. The van der Waals surface area contributed by atoms with E-state index in [1.54, 1.807) is 30.9 Å². The van der Waals surface area contributed by atoms with Gasteiger partial charge in [-0.15, -0.1) is 11.8 Å². The molecule has 0 atom stereocenters. The summed E-state index contributed by atoms with van der Waals surface area (Å²) in [6.07, 6.45) is 0.495. The van der Waals surface area contributed by atoms with Crippen molar-refractivity contribution in [3.05, 3.63) is 52.0 Å². The Labute approximate surface area is 168 Å². The number of amides is 1. The molecule has 0 fully saturated rings. The highest BCUT2D eigenvalue weighted by Crippen LogP contribution is 2.31. The van der Waals surface area contributed by atoms with Gasteiger partial charge in [-0.2, -0.15) is 0 Å². The molecule has 0 saturated heterocycles. The van der Waals surface area contributed by atoms with Gasteiger partial charge in [0.25, 0.3) is 0 Å². The van der Waals surface area contributed by atoms with Gasteiger partial charge in [0.1, 0.15) is 0 Å². The summed E-state index contributed by atoms with van der Waals surface area (Å²) >= 11 is 5.21. The largest absolute Gasteiger partial charge is 0.493 e. The molecule has 2 aromatic carbocycles. The summed E-state index contributed by atoms with van der Waals surface area (Å²) in [6.45, 7) is 2.56. The molecule has 140 valence electrons. The number of carbonyl (C=O) groups is 1. The van der Waals surface area contributed by atoms with Crippen molar-refractivity contribution < 1.29 is 14.3 Å². The van der Waals surface area contributed by atoms with Crippen molar-refractivity contribution in [1.29, 1.82) is 0 Å². The molecule has 6 heteroatoms. The number of ether oxygens (including phenoxy) is 2. The van der Waals surface area contributed by atoms with Crippen molar-refractivity contribution in [2.45, 2.75) is 24.8 Å². The fourth-order valence-electron chi connectivity index (χ4n) is 2.54. The highest BCUT2D eigenvalue weighted by Gasteiger charge is 2.14. The number of rotatable bonds is 8. The first-order valence-corrected chi connectivity index (χ1v) is 10.1. The zero-order chi connectivity index (χ0) is 19.1. The Hall–Kier alpha value is -1.66. The number of nitrogens with zero attached hydrogens (tertiary/aromatic N) is 1. The molecule has 0 N–H and O–H groups in total. The van der Waals surface area contributed by atoms with Gasteiger partial charge in [-0.05, 0) is 58.2 Å². The predicted molar refractivity (Wildman–Crippen MR) is 110 cm³/mol. The van der Waals surface area contributed by atoms with E-state index < -0.39 is 0 Å². The normalized spacial score (nSPS) is 10.5. The summed E-state index contributed by atoms with van der Waals surface area (Å²) in [5, 5.41) is 0. The fraction of sp³-hybridized carbons (Fsp3) is 0.350. The monoisotopic (exact) mass is 437 g/mol. The maximum absolute atomic E-state index is 12.5. The van der Waals surface area contributed by atoms with E-state index in [0.29, 0.717) is 24.5 Å². The third-order valence-corrected chi connectivity index (χ3v) is 6.11. The highest BCUT2D eigenvalue weighted by molar-refractivity contribution is 9.10. The van der Waals surface area contributed by atoms with Crippen LogP contribution in [-0.4, -0.2) is 37.8 Å². The van der Waals surface area contributed by atoms with Crippen molar-refractivity contribution in [2.75, 3.05) is 27.0 Å². The summed E-state index contributed by atoms with van der Waals surface area (Å²) in [6, 6.07) is 11.9. The zero-order valence-corrected chi connectivity index (χ0v) is 17.9. The van der Waals surface area contributed by atoms with Crippen LogP contribution in [0.15, 0.2) is 45.8 Å². The standard InChI is InChI=1S/C20H24BrNO3S/c1-14-11-17(24-3)18(25-4)12-15(14)13-22(2)20(23)9-10-26-19-8-6-5-7-16(19)21/h5-8,11-12H,9-10,13H2,1-4H3. The van der Waals surface area contributed by atoms with Crippen molar-refractivity contribution in [3.8, 4) is 11.5 Å². The molecule has 0 aliphatic rings. The van der Waals surface area contributed by atoms with Crippen LogP contribution < -0.4 is 9.47 Å². The quantitative estimate of drug-likeness (QED) is 0.549. The van der Waals surface area contributed by atoms with Crippen LogP contribution in [-0.2, 0) is 11.3 Å². The van der Waals surface area contributed by atoms with E-state index in [2.05, 4.69) is 22.0 Å². The topological polar surface area (TPSA) is 38.8 Å². The minimum absolute atomic E-state index is 0.124. The summed E-state index contributed by atoms with van der Waals surface area (Å²) in [5.41, 5.74) is 2.13. The van der Waals surface area contributed by atoms with Crippen LogP contribution in [0.5, 0.6) is 11.5 Å². The summed E-state index contributed by atoms with van der Waals surface area (Å²) in [4.78, 5) is 15.4. The van der Waals surface area contributed by atoms with Crippen molar-refractivity contribution >= 4 is 33.6 Å². The van der Waals surface area contributed by atoms with Gasteiger partial charge in [-0.25, -0.2) is 0 Å². The number of carbonyl (C=O) groups excluding carboxylic acids is 1. The van der Waals surface area contributed by atoms with Crippen LogP contribution in [0.25, 0.3) is 0 Å². The summed E-state index contributed by atoms with van der Waals surface area (Å²) < 4.78 is 11.7. The number of benzene rings is 2. The molecule has 0 unspecified atom stereocenters. The van der Waals surface area contributed by atoms with E-state index in [4.69, 9.17) is 9.47 Å². The first-order chi connectivity index (χ1) is 12.5. The number of aryl methyl sites for hydroxylation is 1. The molecule has 0 aliphatic carbocycles. The molecule has 0 aliphatic heterocycles. The van der Waals surface area contributed by atoms with Gasteiger partial charge in [0.05, 0.1) is 14.2 Å². The average molecular weight is 438 g/mol. The number of halogens is 1. The summed E-state index contributed by atoms with van der Waals surface area (Å²) in [5.74, 6) is 2.25. The second kappa shape index (κ2) is 9.88. The van der Waals surface area contributed by atoms with Gasteiger partial charge < -0.3 is 14.4 Å². The second-order valence-corrected chi connectivity index (χ2v) is 7.90. The molecule has 1 amide bonds. The van der Waals surface area contributed by atoms with Gasteiger partial charge in [-0.3, -0.25) is 4.79 Å². The zero-order valence-electron chi connectivity index (χ0n) is 15.5. The minimum Gasteiger partial charge on any atom is -0.493 e. The lowest BCUT2D eigenvalue weighted by atomic mass is 10.1. The molecule has 0 heterocycles. The third-order valence-electron chi connectivity index (χ3n) is 4.09. The average Bonchev–Trinajstić information content (AvgIpc) is 2.64. The van der Waals surface area contributed by atoms with E-state index in [0.717, 1.165) is 26.2 Å². The number of methoxy groups -OCH3 is 2. The maximum atomic E-state index is 12.5. The first kappa shape index (κ1) is 20.6. The van der Waals surface area contributed by atoms with Crippen LogP contribution >= 0.6 is 27.7 Å². The molecule has 26 heavy (non-hydrogen) atoms. The Balaban J connectivity index is 1.93. The van der Waals surface area contributed by atoms with E-state index >= 15 is 0 Å². The van der Waals surface area contributed by atoms with E-state index in [9.17, 15) is 4.79 Å². The lowest BCUT2D eigenvalue weighted by Gasteiger charge is -2.20. The second-order valence-electron chi connectivity index (χ2n) is 5.91. The van der Waals surface area contributed by atoms with Crippen molar-refractivity contribution in [1.82, 2.24) is 4.90 Å². The lowest BCUT2D eigenvalue weighted by molar-refractivity contribution is -0.129. The Morgan fingerprint density at radius 1 is 1.15 bits per heavy atom. The number of hydrogen-bond donors (Lipinski definition) is 0. The van der Waals surface area contributed by atoms with Crippen LogP contribution in [0, 0.1) is 6.92 Å². The van der Waals surface area contributed by atoms with Crippen LogP contribution in [0.2, 0.25) is 0 Å². The molecule has 0 spiro atoms. The molecular formula is C20H24BrNO3S. The molecule has 2 rings (SSSR count). The smallest absolute Gasteiger partial charge is 0.223 e. The van der Waals surface area contributed by atoms with Crippen LogP contribution in [0.3, 0.4) is 0 Å². The Kier molecular flexibility index (Phi) is 7.85. The van der Waals surface area contributed by atoms with Crippen LogP contribution in [0.1, 0.15) is 17.5 Å². The Morgan fingerprint density at radius 2 is 1.81 bits per heavy atom. The molecule has 0 radical (unpaired) electrons. The van der Waals surface area contributed by atoms with E-state index in [1.807, 2.05) is 44.3 Å². The van der Waals surface area contributed by atoms with Crippen molar-refractivity contribution in [2.24, 2.45) is 0 Å². The fourth-order valence-corrected chi connectivity index (χ4v) is 4.04. The lowest BCUT2D eigenvalue weighted by Crippen LogP contribution is -2.26.